The molecule has 2 saturated heterocycles. The Morgan fingerprint density at radius 3 is 2.76 bits per heavy atom. The second kappa shape index (κ2) is 6.42. The minimum absolute atomic E-state index is 0. The number of halogens is 2. The molecule has 0 radical (unpaired) electrons. The van der Waals surface area contributed by atoms with Crippen molar-refractivity contribution >= 4 is 34.0 Å². The maximum absolute atomic E-state index is 12.8. The molecular weight excluding hydrogens is 331 g/mol. The van der Waals surface area contributed by atoms with Gasteiger partial charge in [0.1, 0.15) is 0 Å². The largest absolute Gasteiger partial charge is 0.316 e. The molecular formula is C14H20Cl2N2O2S. The van der Waals surface area contributed by atoms with Gasteiger partial charge in [-0.1, -0.05) is 17.7 Å². The van der Waals surface area contributed by atoms with Crippen molar-refractivity contribution in [3.8, 4) is 0 Å². The molecule has 2 fully saturated rings. The maximum atomic E-state index is 12.8. The van der Waals surface area contributed by atoms with E-state index in [-0.39, 0.29) is 12.4 Å². The molecule has 1 N–H and O–H groups in total. The number of hydrogen-bond donors (Lipinski definition) is 1. The molecule has 0 amide bonds. The highest BCUT2D eigenvalue weighted by atomic mass is 35.5. The lowest BCUT2D eigenvalue weighted by Gasteiger charge is -2.33. The number of sulfonamides is 1. The third-order valence-corrected chi connectivity index (χ3v) is 6.92. The van der Waals surface area contributed by atoms with E-state index in [1.54, 1.807) is 29.4 Å². The van der Waals surface area contributed by atoms with Gasteiger partial charge in [-0.25, -0.2) is 8.42 Å². The number of nitrogens with zero attached hydrogens (tertiary/aromatic N) is 1. The first-order valence-electron chi connectivity index (χ1n) is 6.96. The fraction of sp³-hybridized carbons (Fsp3) is 0.571. The van der Waals surface area contributed by atoms with Gasteiger partial charge in [-0.05, 0) is 56.0 Å². The van der Waals surface area contributed by atoms with Crippen LogP contribution in [0, 0.1) is 18.8 Å². The van der Waals surface area contributed by atoms with E-state index in [2.05, 4.69) is 5.32 Å². The van der Waals surface area contributed by atoms with Crippen molar-refractivity contribution in [1.82, 2.24) is 9.62 Å². The monoisotopic (exact) mass is 350 g/mol. The lowest BCUT2D eigenvalue weighted by atomic mass is 9.90. The van der Waals surface area contributed by atoms with Gasteiger partial charge in [0.25, 0.3) is 0 Å². The Kier molecular flexibility index (Phi) is 5.21. The highest BCUT2D eigenvalue weighted by Crippen LogP contribution is 2.32. The fourth-order valence-electron chi connectivity index (χ4n) is 3.23. The van der Waals surface area contributed by atoms with Crippen LogP contribution >= 0.6 is 24.0 Å². The van der Waals surface area contributed by atoms with E-state index in [1.807, 2.05) is 0 Å². The molecule has 118 valence electrons. The zero-order chi connectivity index (χ0) is 14.3. The molecule has 1 aromatic carbocycles. The minimum atomic E-state index is -3.43. The standard InChI is InChI=1S/C14H19ClN2O2S.ClH/c1-10-13(15)3-2-4-14(10)20(18,19)17-6-5-11-7-16-8-12(11)9-17;/h2-4,11-12,16H,5-9H2,1H3;1H. The summed E-state index contributed by atoms with van der Waals surface area (Å²) >= 11 is 6.05. The number of benzene rings is 1. The third-order valence-electron chi connectivity index (χ3n) is 4.50. The van der Waals surface area contributed by atoms with E-state index >= 15 is 0 Å². The molecule has 21 heavy (non-hydrogen) atoms. The smallest absolute Gasteiger partial charge is 0.243 e. The summed E-state index contributed by atoms with van der Waals surface area (Å²) < 4.78 is 27.2. The van der Waals surface area contributed by atoms with Crippen LogP contribution < -0.4 is 5.32 Å². The second-order valence-corrected chi connectivity index (χ2v) is 8.01. The summed E-state index contributed by atoms with van der Waals surface area (Å²) in [6.45, 7) is 4.93. The highest BCUT2D eigenvalue weighted by Gasteiger charge is 2.38. The van der Waals surface area contributed by atoms with E-state index in [1.165, 1.54) is 0 Å². The first kappa shape index (κ1) is 17.0. The number of rotatable bonds is 2. The van der Waals surface area contributed by atoms with Gasteiger partial charge in [0, 0.05) is 18.1 Å². The van der Waals surface area contributed by atoms with Gasteiger partial charge in [0.2, 0.25) is 10.0 Å². The SMILES string of the molecule is Cc1c(Cl)cccc1S(=O)(=O)N1CCC2CNCC2C1.Cl. The molecule has 7 heteroatoms. The van der Waals surface area contributed by atoms with Gasteiger partial charge in [-0.3, -0.25) is 0 Å². The molecule has 0 aliphatic carbocycles. The normalized spacial score (nSPS) is 26.2. The van der Waals surface area contributed by atoms with Crippen LogP contribution in [0.3, 0.4) is 0 Å². The Balaban J connectivity index is 0.00000161. The molecule has 1 aromatic rings. The number of hydrogen-bond acceptors (Lipinski definition) is 3. The first-order chi connectivity index (χ1) is 9.50. The van der Waals surface area contributed by atoms with Crippen molar-refractivity contribution in [3.63, 3.8) is 0 Å². The van der Waals surface area contributed by atoms with Gasteiger partial charge in [-0.15, -0.1) is 12.4 Å². The Morgan fingerprint density at radius 1 is 1.29 bits per heavy atom. The molecule has 3 rings (SSSR count). The van der Waals surface area contributed by atoms with Gasteiger partial charge in [0.15, 0.2) is 0 Å². The molecule has 2 unspecified atom stereocenters. The summed E-state index contributed by atoms with van der Waals surface area (Å²) in [5.74, 6) is 1.07. The van der Waals surface area contributed by atoms with Crippen LogP contribution in [0.1, 0.15) is 12.0 Å². The van der Waals surface area contributed by atoms with Crippen LogP contribution in [0.4, 0.5) is 0 Å². The van der Waals surface area contributed by atoms with Crippen molar-refractivity contribution in [2.24, 2.45) is 11.8 Å². The van der Waals surface area contributed by atoms with Crippen LogP contribution in [0.2, 0.25) is 5.02 Å². The van der Waals surface area contributed by atoms with Crippen LogP contribution in [-0.4, -0.2) is 38.9 Å². The number of piperidine rings is 1. The van der Waals surface area contributed by atoms with Crippen molar-refractivity contribution in [3.05, 3.63) is 28.8 Å². The fourth-order valence-corrected chi connectivity index (χ4v) is 5.22. The predicted molar refractivity (Wildman–Crippen MR) is 86.7 cm³/mol. The lowest BCUT2D eigenvalue weighted by molar-refractivity contribution is 0.228. The minimum Gasteiger partial charge on any atom is -0.316 e. The molecule has 2 aliphatic rings. The lowest BCUT2D eigenvalue weighted by Crippen LogP contribution is -2.43. The Morgan fingerprint density at radius 2 is 2.00 bits per heavy atom. The van der Waals surface area contributed by atoms with Gasteiger partial charge in [-0.2, -0.15) is 4.31 Å². The molecule has 0 bridgehead atoms. The number of nitrogens with one attached hydrogen (secondary N) is 1. The third kappa shape index (κ3) is 3.08. The van der Waals surface area contributed by atoms with Crippen LogP contribution in [0.25, 0.3) is 0 Å². The molecule has 2 aliphatic heterocycles. The van der Waals surface area contributed by atoms with Crippen LogP contribution in [0.5, 0.6) is 0 Å². The summed E-state index contributed by atoms with van der Waals surface area (Å²) in [7, 11) is -3.43. The van der Waals surface area contributed by atoms with E-state index in [0.717, 1.165) is 19.5 Å². The second-order valence-electron chi connectivity index (χ2n) is 5.69. The zero-order valence-electron chi connectivity index (χ0n) is 11.9. The molecule has 0 aromatic heterocycles. The van der Waals surface area contributed by atoms with Gasteiger partial charge >= 0.3 is 0 Å². The first-order valence-corrected chi connectivity index (χ1v) is 8.78. The zero-order valence-corrected chi connectivity index (χ0v) is 14.3. The topological polar surface area (TPSA) is 49.4 Å². The Labute approximate surface area is 137 Å². The van der Waals surface area contributed by atoms with Gasteiger partial charge < -0.3 is 5.32 Å². The molecule has 0 saturated carbocycles. The van der Waals surface area contributed by atoms with Crippen LogP contribution in [-0.2, 0) is 10.0 Å². The predicted octanol–water partition coefficient (Wildman–Crippen LogP) is 2.30. The van der Waals surface area contributed by atoms with Crippen molar-refractivity contribution in [2.45, 2.75) is 18.2 Å². The molecule has 2 atom stereocenters. The van der Waals surface area contributed by atoms with Crippen molar-refractivity contribution in [1.29, 1.82) is 0 Å². The van der Waals surface area contributed by atoms with Crippen LogP contribution in [0.15, 0.2) is 23.1 Å². The van der Waals surface area contributed by atoms with E-state index < -0.39 is 10.0 Å². The summed E-state index contributed by atoms with van der Waals surface area (Å²) in [6, 6.07) is 5.07. The van der Waals surface area contributed by atoms with Crippen molar-refractivity contribution in [2.75, 3.05) is 26.2 Å². The molecule has 2 heterocycles. The van der Waals surface area contributed by atoms with E-state index in [0.29, 0.717) is 40.4 Å². The van der Waals surface area contributed by atoms with Gasteiger partial charge in [0.05, 0.1) is 4.90 Å². The number of fused-ring (bicyclic) bond motifs is 1. The summed E-state index contributed by atoms with van der Waals surface area (Å²) in [5.41, 5.74) is 0.640. The average Bonchev–Trinajstić information content (AvgIpc) is 2.89. The molecule has 0 spiro atoms. The average molecular weight is 351 g/mol. The maximum Gasteiger partial charge on any atom is 0.243 e. The Bertz CT molecular complexity index is 621. The summed E-state index contributed by atoms with van der Waals surface area (Å²) in [6.07, 6.45) is 0.941. The summed E-state index contributed by atoms with van der Waals surface area (Å²) in [4.78, 5) is 0.342. The van der Waals surface area contributed by atoms with Crippen molar-refractivity contribution < 1.29 is 8.42 Å². The van der Waals surface area contributed by atoms with E-state index in [4.69, 9.17) is 11.6 Å². The highest BCUT2D eigenvalue weighted by molar-refractivity contribution is 7.89. The quantitative estimate of drug-likeness (QED) is 0.890. The Hall–Kier alpha value is -0.330. The van der Waals surface area contributed by atoms with E-state index in [9.17, 15) is 8.42 Å². The molecule has 4 nitrogen and oxygen atoms in total. The summed E-state index contributed by atoms with van der Waals surface area (Å²) in [5, 5.41) is 3.86.